The Morgan fingerprint density at radius 1 is 1.16 bits per heavy atom. The SMILES string of the molecule is CN=C(NCCc1c(F)cccc1F)NCc1c(C)nn(C)c1C.I. The molecule has 0 bridgehead atoms. The van der Waals surface area contributed by atoms with Crippen molar-refractivity contribution in [2.45, 2.75) is 26.8 Å². The van der Waals surface area contributed by atoms with Crippen LogP contribution in [0.15, 0.2) is 23.2 Å². The fourth-order valence-electron chi connectivity index (χ4n) is 2.54. The van der Waals surface area contributed by atoms with Gasteiger partial charge in [-0.15, -0.1) is 24.0 Å². The van der Waals surface area contributed by atoms with Gasteiger partial charge in [0.15, 0.2) is 5.96 Å². The summed E-state index contributed by atoms with van der Waals surface area (Å²) in [5.74, 6) is -0.475. The van der Waals surface area contributed by atoms with Crippen LogP contribution in [0.3, 0.4) is 0 Å². The van der Waals surface area contributed by atoms with E-state index in [0.29, 0.717) is 19.0 Å². The van der Waals surface area contributed by atoms with Gasteiger partial charge in [-0.2, -0.15) is 5.10 Å². The van der Waals surface area contributed by atoms with Crippen LogP contribution in [0.2, 0.25) is 0 Å². The second kappa shape index (κ2) is 9.69. The number of benzene rings is 1. The van der Waals surface area contributed by atoms with Gasteiger partial charge in [0.05, 0.1) is 5.69 Å². The highest BCUT2D eigenvalue weighted by Gasteiger charge is 2.11. The standard InChI is InChI=1S/C17H23F2N5.HI/c1-11-14(12(2)24(4)23-11)10-22-17(20-3)21-9-8-13-15(18)6-5-7-16(13)19;/h5-7H,8-10H2,1-4H3,(H2,20,21,22);1H. The molecule has 8 heteroatoms. The molecule has 1 aromatic heterocycles. The Morgan fingerprint density at radius 3 is 2.32 bits per heavy atom. The lowest BCUT2D eigenvalue weighted by atomic mass is 10.1. The number of rotatable bonds is 5. The van der Waals surface area contributed by atoms with Gasteiger partial charge < -0.3 is 10.6 Å². The van der Waals surface area contributed by atoms with E-state index >= 15 is 0 Å². The van der Waals surface area contributed by atoms with E-state index in [1.807, 2.05) is 25.6 Å². The van der Waals surface area contributed by atoms with E-state index in [9.17, 15) is 8.78 Å². The Bertz CT molecular complexity index is 723. The Hall–Kier alpha value is -1.71. The van der Waals surface area contributed by atoms with E-state index < -0.39 is 11.6 Å². The third kappa shape index (κ3) is 5.38. The maximum absolute atomic E-state index is 13.6. The molecule has 0 radical (unpaired) electrons. The molecule has 0 atom stereocenters. The number of nitrogens with one attached hydrogen (secondary N) is 2. The first-order chi connectivity index (χ1) is 11.4. The van der Waals surface area contributed by atoms with Crippen molar-refractivity contribution in [1.29, 1.82) is 0 Å². The molecular weight excluding hydrogens is 439 g/mol. The molecule has 0 aliphatic rings. The lowest BCUT2D eigenvalue weighted by molar-refractivity contribution is 0.553. The molecule has 0 amide bonds. The van der Waals surface area contributed by atoms with Gasteiger partial charge in [-0.25, -0.2) is 8.78 Å². The Labute approximate surface area is 163 Å². The van der Waals surface area contributed by atoms with Crippen LogP contribution < -0.4 is 10.6 Å². The predicted molar refractivity (Wildman–Crippen MR) is 106 cm³/mol. The van der Waals surface area contributed by atoms with Crippen LogP contribution in [-0.4, -0.2) is 29.3 Å². The van der Waals surface area contributed by atoms with Crippen molar-refractivity contribution >= 4 is 29.9 Å². The number of hydrogen-bond acceptors (Lipinski definition) is 2. The first-order valence-corrected chi connectivity index (χ1v) is 7.80. The molecule has 0 spiro atoms. The van der Waals surface area contributed by atoms with Crippen molar-refractivity contribution < 1.29 is 8.78 Å². The fraction of sp³-hybridized carbons (Fsp3) is 0.412. The first-order valence-electron chi connectivity index (χ1n) is 7.80. The molecule has 25 heavy (non-hydrogen) atoms. The van der Waals surface area contributed by atoms with Crippen LogP contribution in [0.25, 0.3) is 0 Å². The summed E-state index contributed by atoms with van der Waals surface area (Å²) in [7, 11) is 3.56. The zero-order valence-electron chi connectivity index (χ0n) is 14.9. The third-order valence-electron chi connectivity index (χ3n) is 4.04. The molecule has 1 heterocycles. The Morgan fingerprint density at radius 2 is 1.80 bits per heavy atom. The van der Waals surface area contributed by atoms with Gasteiger partial charge in [0.2, 0.25) is 0 Å². The van der Waals surface area contributed by atoms with Gasteiger partial charge in [0, 0.05) is 44.0 Å². The summed E-state index contributed by atoms with van der Waals surface area (Å²) in [6.07, 6.45) is 0.240. The van der Waals surface area contributed by atoms with Crippen molar-refractivity contribution in [2.24, 2.45) is 12.0 Å². The van der Waals surface area contributed by atoms with E-state index in [-0.39, 0.29) is 36.0 Å². The lowest BCUT2D eigenvalue weighted by Crippen LogP contribution is -2.38. The zero-order chi connectivity index (χ0) is 17.7. The molecular formula is C17H24F2IN5. The number of guanidine groups is 1. The molecule has 0 fully saturated rings. The lowest BCUT2D eigenvalue weighted by Gasteiger charge is -2.12. The fourth-order valence-corrected chi connectivity index (χ4v) is 2.54. The average Bonchev–Trinajstić information content (AvgIpc) is 2.78. The van der Waals surface area contributed by atoms with Crippen LogP contribution in [0, 0.1) is 25.5 Å². The molecule has 5 nitrogen and oxygen atoms in total. The number of aliphatic imine (C=N–C) groups is 1. The third-order valence-corrected chi connectivity index (χ3v) is 4.04. The quantitative estimate of drug-likeness (QED) is 0.408. The summed E-state index contributed by atoms with van der Waals surface area (Å²) >= 11 is 0. The zero-order valence-corrected chi connectivity index (χ0v) is 17.2. The number of aryl methyl sites for hydroxylation is 2. The number of halogens is 3. The summed E-state index contributed by atoms with van der Waals surface area (Å²) in [5.41, 5.74) is 3.25. The normalized spacial score (nSPS) is 11.2. The summed E-state index contributed by atoms with van der Waals surface area (Å²) in [6.45, 7) is 4.93. The number of nitrogens with zero attached hydrogens (tertiary/aromatic N) is 3. The molecule has 0 saturated carbocycles. The van der Waals surface area contributed by atoms with Crippen molar-refractivity contribution in [3.8, 4) is 0 Å². The van der Waals surface area contributed by atoms with Crippen LogP contribution in [0.5, 0.6) is 0 Å². The molecule has 0 unspecified atom stereocenters. The van der Waals surface area contributed by atoms with Gasteiger partial charge in [-0.1, -0.05) is 6.07 Å². The Balaban J connectivity index is 0.00000312. The van der Waals surface area contributed by atoms with E-state index in [1.165, 1.54) is 18.2 Å². The van der Waals surface area contributed by atoms with Crippen molar-refractivity contribution in [2.75, 3.05) is 13.6 Å². The second-order valence-electron chi connectivity index (χ2n) is 5.58. The second-order valence-corrected chi connectivity index (χ2v) is 5.58. The van der Waals surface area contributed by atoms with Gasteiger partial charge in [0.1, 0.15) is 11.6 Å². The summed E-state index contributed by atoms with van der Waals surface area (Å²) in [5, 5.41) is 10.6. The highest BCUT2D eigenvalue weighted by molar-refractivity contribution is 14.0. The van der Waals surface area contributed by atoms with Gasteiger partial charge in [-0.05, 0) is 32.4 Å². The smallest absolute Gasteiger partial charge is 0.191 e. The topological polar surface area (TPSA) is 54.2 Å². The van der Waals surface area contributed by atoms with Gasteiger partial charge in [-0.3, -0.25) is 9.67 Å². The predicted octanol–water partition coefficient (Wildman–Crippen LogP) is 2.84. The summed E-state index contributed by atoms with van der Waals surface area (Å²) in [6, 6.07) is 3.89. The molecule has 1 aromatic carbocycles. The van der Waals surface area contributed by atoms with E-state index in [2.05, 4.69) is 20.7 Å². The van der Waals surface area contributed by atoms with Crippen LogP contribution >= 0.6 is 24.0 Å². The molecule has 2 N–H and O–H groups in total. The van der Waals surface area contributed by atoms with Crippen molar-refractivity contribution in [1.82, 2.24) is 20.4 Å². The molecule has 0 saturated heterocycles. The summed E-state index contributed by atoms with van der Waals surface area (Å²) < 4.78 is 29.0. The minimum Gasteiger partial charge on any atom is -0.356 e. The number of hydrogen-bond donors (Lipinski definition) is 2. The molecule has 0 aliphatic heterocycles. The van der Waals surface area contributed by atoms with E-state index in [0.717, 1.165) is 17.0 Å². The van der Waals surface area contributed by atoms with Gasteiger partial charge >= 0.3 is 0 Å². The van der Waals surface area contributed by atoms with E-state index in [4.69, 9.17) is 0 Å². The summed E-state index contributed by atoms with van der Waals surface area (Å²) in [4.78, 5) is 4.13. The minimum atomic E-state index is -0.527. The highest BCUT2D eigenvalue weighted by atomic mass is 127. The maximum Gasteiger partial charge on any atom is 0.191 e. The molecule has 2 rings (SSSR count). The molecule has 138 valence electrons. The van der Waals surface area contributed by atoms with Crippen LogP contribution in [0.4, 0.5) is 8.78 Å². The van der Waals surface area contributed by atoms with Crippen molar-refractivity contribution in [3.63, 3.8) is 0 Å². The first kappa shape index (κ1) is 21.3. The highest BCUT2D eigenvalue weighted by Crippen LogP contribution is 2.12. The van der Waals surface area contributed by atoms with Crippen LogP contribution in [-0.2, 0) is 20.0 Å². The van der Waals surface area contributed by atoms with Crippen molar-refractivity contribution in [3.05, 3.63) is 52.3 Å². The Kier molecular flexibility index (Phi) is 8.27. The number of aromatic nitrogens is 2. The molecule has 2 aromatic rings. The minimum absolute atomic E-state index is 0. The monoisotopic (exact) mass is 463 g/mol. The van der Waals surface area contributed by atoms with Crippen LogP contribution in [0.1, 0.15) is 22.5 Å². The van der Waals surface area contributed by atoms with E-state index in [1.54, 1.807) is 7.05 Å². The van der Waals surface area contributed by atoms with Gasteiger partial charge in [0.25, 0.3) is 0 Å². The largest absolute Gasteiger partial charge is 0.356 e. The maximum atomic E-state index is 13.6. The molecule has 0 aliphatic carbocycles. The average molecular weight is 463 g/mol.